The molecule has 0 aromatic carbocycles. The van der Waals surface area contributed by atoms with Gasteiger partial charge >= 0.3 is 0 Å². The molecule has 3 fully saturated rings. The highest BCUT2D eigenvalue weighted by molar-refractivity contribution is 7.11. The summed E-state index contributed by atoms with van der Waals surface area (Å²) < 4.78 is 0. The van der Waals surface area contributed by atoms with Crippen molar-refractivity contribution in [1.29, 1.82) is 0 Å². The van der Waals surface area contributed by atoms with Crippen LogP contribution in [0, 0.1) is 29.6 Å². The van der Waals surface area contributed by atoms with Gasteiger partial charge in [0.25, 0.3) is 0 Å². The van der Waals surface area contributed by atoms with Gasteiger partial charge < -0.3 is 5.32 Å². The van der Waals surface area contributed by atoms with Crippen LogP contribution in [0.3, 0.4) is 0 Å². The highest BCUT2D eigenvalue weighted by atomic mass is 32.1. The molecule has 0 amide bonds. The smallest absolute Gasteiger partial charge is 0.0149 e. The lowest BCUT2D eigenvalue weighted by Gasteiger charge is -2.21. The molecule has 1 heterocycles. The summed E-state index contributed by atoms with van der Waals surface area (Å²) in [6.45, 7) is 5.66. The number of rotatable bonds is 6. The molecule has 0 saturated heterocycles. The van der Waals surface area contributed by atoms with E-state index in [1.54, 1.807) is 29.0 Å². The molecule has 4 rings (SSSR count). The Morgan fingerprint density at radius 3 is 2.45 bits per heavy atom. The maximum absolute atomic E-state index is 3.82. The van der Waals surface area contributed by atoms with Crippen molar-refractivity contribution in [3.63, 3.8) is 0 Å². The van der Waals surface area contributed by atoms with Gasteiger partial charge in [-0.05, 0) is 80.4 Å². The normalized spacial score (nSPS) is 39.0. The van der Waals surface area contributed by atoms with Crippen LogP contribution in [-0.4, -0.2) is 12.6 Å². The summed E-state index contributed by atoms with van der Waals surface area (Å²) >= 11 is 2.04. The Morgan fingerprint density at radius 1 is 1.15 bits per heavy atom. The second-order valence-electron chi connectivity index (χ2n) is 7.16. The van der Waals surface area contributed by atoms with Crippen molar-refractivity contribution >= 4 is 11.3 Å². The van der Waals surface area contributed by atoms with Crippen LogP contribution >= 0.6 is 11.3 Å². The molecule has 2 heteroatoms. The molecule has 5 unspecified atom stereocenters. The fraction of sp³-hybridized carbons (Fsp3) is 0.778. The van der Waals surface area contributed by atoms with Crippen LogP contribution in [0.25, 0.3) is 0 Å². The molecule has 0 spiro atoms. The summed E-state index contributed by atoms with van der Waals surface area (Å²) in [7, 11) is 0. The van der Waals surface area contributed by atoms with E-state index in [-0.39, 0.29) is 0 Å². The van der Waals surface area contributed by atoms with Crippen molar-refractivity contribution in [2.75, 3.05) is 6.54 Å². The van der Waals surface area contributed by atoms with Gasteiger partial charge in [-0.1, -0.05) is 13.8 Å². The zero-order valence-electron chi connectivity index (χ0n) is 12.8. The zero-order chi connectivity index (χ0) is 13.7. The average Bonchev–Trinajstić information content (AvgIpc) is 2.85. The van der Waals surface area contributed by atoms with E-state index in [2.05, 4.69) is 31.3 Å². The maximum atomic E-state index is 3.82. The van der Waals surface area contributed by atoms with Crippen molar-refractivity contribution in [2.24, 2.45) is 29.6 Å². The number of nitrogens with one attached hydrogen (secondary N) is 1. The van der Waals surface area contributed by atoms with Crippen molar-refractivity contribution in [1.82, 2.24) is 5.32 Å². The van der Waals surface area contributed by atoms with E-state index in [1.807, 2.05) is 11.3 Å². The summed E-state index contributed by atoms with van der Waals surface area (Å²) in [6, 6.07) is 5.46. The van der Waals surface area contributed by atoms with Gasteiger partial charge in [-0.3, -0.25) is 0 Å². The Balaban J connectivity index is 1.46. The summed E-state index contributed by atoms with van der Waals surface area (Å²) in [5.41, 5.74) is 0. The Hall–Kier alpha value is -0.340. The highest BCUT2D eigenvalue weighted by Crippen LogP contribution is 2.70. The van der Waals surface area contributed by atoms with E-state index in [0.717, 1.165) is 42.2 Å². The van der Waals surface area contributed by atoms with Gasteiger partial charge in [0.2, 0.25) is 0 Å². The molecule has 110 valence electrons. The second kappa shape index (κ2) is 5.14. The minimum Gasteiger partial charge on any atom is -0.314 e. The van der Waals surface area contributed by atoms with E-state index < -0.39 is 0 Å². The molecule has 20 heavy (non-hydrogen) atoms. The van der Waals surface area contributed by atoms with Crippen molar-refractivity contribution in [2.45, 2.75) is 52.0 Å². The molecule has 1 nitrogen and oxygen atoms in total. The third kappa shape index (κ3) is 2.07. The van der Waals surface area contributed by atoms with Crippen LogP contribution in [0.5, 0.6) is 0 Å². The largest absolute Gasteiger partial charge is 0.314 e. The molecule has 3 saturated carbocycles. The quantitative estimate of drug-likeness (QED) is 0.830. The van der Waals surface area contributed by atoms with E-state index in [4.69, 9.17) is 0 Å². The maximum Gasteiger partial charge on any atom is 0.0149 e. The number of hydrogen-bond donors (Lipinski definition) is 1. The second-order valence-corrected chi connectivity index (χ2v) is 8.41. The number of thiophene rings is 1. The molecule has 1 aromatic rings. The van der Waals surface area contributed by atoms with Gasteiger partial charge in [0, 0.05) is 15.8 Å². The van der Waals surface area contributed by atoms with Gasteiger partial charge in [0.05, 0.1) is 0 Å². The molecule has 0 aliphatic heterocycles. The number of hydrogen-bond acceptors (Lipinski definition) is 2. The lowest BCUT2D eigenvalue weighted by molar-refractivity contribution is 0.367. The van der Waals surface area contributed by atoms with Crippen LogP contribution in [0.4, 0.5) is 0 Å². The number of aryl methyl sites for hydroxylation is 1. The Bertz CT molecular complexity index is 464. The van der Waals surface area contributed by atoms with Crippen LogP contribution < -0.4 is 5.32 Å². The molecule has 2 bridgehead atoms. The molecule has 0 radical (unpaired) electrons. The monoisotopic (exact) mass is 289 g/mol. The first-order valence-electron chi connectivity index (χ1n) is 8.62. The van der Waals surface area contributed by atoms with Crippen LogP contribution in [-0.2, 0) is 12.8 Å². The fourth-order valence-electron chi connectivity index (χ4n) is 5.48. The van der Waals surface area contributed by atoms with Crippen molar-refractivity contribution in [3.05, 3.63) is 21.9 Å². The first kappa shape index (κ1) is 13.3. The van der Waals surface area contributed by atoms with Gasteiger partial charge in [-0.25, -0.2) is 0 Å². The van der Waals surface area contributed by atoms with Gasteiger partial charge in [0.1, 0.15) is 0 Å². The van der Waals surface area contributed by atoms with E-state index >= 15 is 0 Å². The third-order valence-corrected chi connectivity index (χ3v) is 7.46. The van der Waals surface area contributed by atoms with Crippen molar-refractivity contribution in [3.8, 4) is 0 Å². The lowest BCUT2D eigenvalue weighted by Crippen LogP contribution is -2.35. The standard InChI is InChI=1S/C18H27NS/c1-3-13-7-8-14(20-13)10-15(19-4-2)18-16-11-5-6-12(9-11)17(16)18/h7-8,11-12,15-19H,3-6,9-10H2,1-2H3. The predicted octanol–water partition coefficient (Wildman–Crippen LogP) is 4.12. The minimum absolute atomic E-state index is 0.752. The summed E-state index contributed by atoms with van der Waals surface area (Å²) in [6.07, 6.45) is 7.12. The van der Waals surface area contributed by atoms with Gasteiger partial charge in [-0.2, -0.15) is 0 Å². The summed E-state index contributed by atoms with van der Waals surface area (Å²) in [5, 5.41) is 3.82. The average molecular weight is 289 g/mol. The predicted molar refractivity (Wildman–Crippen MR) is 86.2 cm³/mol. The van der Waals surface area contributed by atoms with Crippen LogP contribution in [0.15, 0.2) is 12.1 Å². The van der Waals surface area contributed by atoms with E-state index in [9.17, 15) is 0 Å². The molecular weight excluding hydrogens is 262 g/mol. The van der Waals surface area contributed by atoms with Gasteiger partial charge in [-0.15, -0.1) is 11.3 Å². The molecule has 3 aliphatic carbocycles. The molecule has 3 aliphatic rings. The first-order chi connectivity index (χ1) is 9.81. The Morgan fingerprint density at radius 2 is 1.85 bits per heavy atom. The number of likely N-dealkylation sites (N-methyl/N-ethyl adjacent to an activating group) is 1. The van der Waals surface area contributed by atoms with E-state index in [0.29, 0.717) is 0 Å². The fourth-order valence-corrected chi connectivity index (χ4v) is 6.49. The molecule has 1 aromatic heterocycles. The van der Waals surface area contributed by atoms with Gasteiger partial charge in [0.15, 0.2) is 0 Å². The first-order valence-corrected chi connectivity index (χ1v) is 9.44. The number of fused-ring (bicyclic) bond motifs is 5. The minimum atomic E-state index is 0.752. The molecular formula is C18H27NS. The summed E-state index contributed by atoms with van der Waals surface area (Å²) in [4.78, 5) is 3.15. The topological polar surface area (TPSA) is 12.0 Å². The summed E-state index contributed by atoms with van der Waals surface area (Å²) in [5.74, 6) is 5.41. The third-order valence-electron chi connectivity index (χ3n) is 6.21. The SMILES string of the molecule is CCNC(Cc1ccc(CC)s1)C1C2C3CCC(C3)C21. The van der Waals surface area contributed by atoms with E-state index in [1.165, 1.54) is 12.8 Å². The van der Waals surface area contributed by atoms with Crippen molar-refractivity contribution < 1.29 is 0 Å². The Kier molecular flexibility index (Phi) is 3.42. The van der Waals surface area contributed by atoms with Crippen LogP contribution in [0.2, 0.25) is 0 Å². The molecule has 1 N–H and O–H groups in total. The Labute approximate surface area is 127 Å². The molecule has 5 atom stereocenters. The zero-order valence-corrected chi connectivity index (χ0v) is 13.6. The highest BCUT2D eigenvalue weighted by Gasteiger charge is 2.66. The lowest BCUT2D eigenvalue weighted by atomic mass is 9.95. The van der Waals surface area contributed by atoms with Crippen LogP contribution in [0.1, 0.15) is 42.9 Å².